The second-order valence-electron chi connectivity index (χ2n) is 3.54. The molecule has 0 atom stereocenters. The predicted octanol–water partition coefficient (Wildman–Crippen LogP) is 3.63. The van der Waals surface area contributed by atoms with Crippen LogP contribution in [0.2, 0.25) is 0 Å². The molecule has 0 radical (unpaired) electrons. The molecule has 0 spiro atoms. The van der Waals surface area contributed by atoms with Crippen LogP contribution in [0.1, 0.15) is 0 Å². The van der Waals surface area contributed by atoms with Crippen LogP contribution in [0, 0.1) is 5.82 Å². The number of hydrogen-bond donors (Lipinski definition) is 0. The van der Waals surface area contributed by atoms with E-state index in [0.717, 1.165) is 10.9 Å². The average molecular weight is 213 g/mol. The van der Waals surface area contributed by atoms with Gasteiger partial charge in [0.2, 0.25) is 0 Å². The standard InChI is InChI=1S/C13H8FNO/c14-10-5-3-4-9(8-10)13-11-6-1-2-7-12(11)16-15-13/h1-8H. The van der Waals surface area contributed by atoms with Crippen molar-refractivity contribution in [3.05, 3.63) is 54.3 Å². The third-order valence-corrected chi connectivity index (χ3v) is 2.48. The Morgan fingerprint density at radius 1 is 1.00 bits per heavy atom. The van der Waals surface area contributed by atoms with Gasteiger partial charge in [-0.3, -0.25) is 0 Å². The van der Waals surface area contributed by atoms with Crippen molar-refractivity contribution >= 4 is 11.0 Å². The molecule has 1 heterocycles. The zero-order chi connectivity index (χ0) is 11.0. The van der Waals surface area contributed by atoms with E-state index in [1.807, 2.05) is 30.3 Å². The normalized spacial score (nSPS) is 10.8. The summed E-state index contributed by atoms with van der Waals surface area (Å²) in [6.45, 7) is 0. The van der Waals surface area contributed by atoms with Crippen LogP contribution in [0.5, 0.6) is 0 Å². The van der Waals surface area contributed by atoms with Gasteiger partial charge in [-0.15, -0.1) is 0 Å². The van der Waals surface area contributed by atoms with Crippen molar-refractivity contribution in [1.29, 1.82) is 0 Å². The molecule has 0 amide bonds. The van der Waals surface area contributed by atoms with Gasteiger partial charge in [-0.2, -0.15) is 0 Å². The number of para-hydroxylation sites is 1. The van der Waals surface area contributed by atoms with Gasteiger partial charge in [0.15, 0.2) is 5.58 Å². The van der Waals surface area contributed by atoms with E-state index in [4.69, 9.17) is 4.52 Å². The number of aromatic nitrogens is 1. The highest BCUT2D eigenvalue weighted by Crippen LogP contribution is 2.27. The minimum atomic E-state index is -0.274. The van der Waals surface area contributed by atoms with Crippen LogP contribution >= 0.6 is 0 Å². The summed E-state index contributed by atoms with van der Waals surface area (Å²) < 4.78 is 18.3. The highest BCUT2D eigenvalue weighted by molar-refractivity contribution is 5.91. The molecule has 0 bridgehead atoms. The van der Waals surface area contributed by atoms with Crippen molar-refractivity contribution in [2.75, 3.05) is 0 Å². The quantitative estimate of drug-likeness (QED) is 0.616. The lowest BCUT2D eigenvalue weighted by Crippen LogP contribution is -1.80. The van der Waals surface area contributed by atoms with Gasteiger partial charge in [0.1, 0.15) is 11.5 Å². The number of hydrogen-bond acceptors (Lipinski definition) is 2. The lowest BCUT2D eigenvalue weighted by molar-refractivity contribution is 0.459. The Kier molecular flexibility index (Phi) is 1.96. The van der Waals surface area contributed by atoms with E-state index in [1.165, 1.54) is 12.1 Å². The van der Waals surface area contributed by atoms with Crippen molar-refractivity contribution in [2.24, 2.45) is 0 Å². The number of nitrogens with zero attached hydrogens (tertiary/aromatic N) is 1. The van der Waals surface area contributed by atoms with Crippen LogP contribution in [0.3, 0.4) is 0 Å². The van der Waals surface area contributed by atoms with Crippen molar-refractivity contribution in [1.82, 2.24) is 5.16 Å². The number of benzene rings is 2. The molecule has 0 N–H and O–H groups in total. The maximum atomic E-state index is 13.1. The van der Waals surface area contributed by atoms with Crippen LogP contribution in [-0.2, 0) is 0 Å². The van der Waals surface area contributed by atoms with E-state index in [0.29, 0.717) is 11.3 Å². The molecule has 0 fully saturated rings. The van der Waals surface area contributed by atoms with E-state index < -0.39 is 0 Å². The Labute approximate surface area is 91.3 Å². The third-order valence-electron chi connectivity index (χ3n) is 2.48. The number of fused-ring (bicyclic) bond motifs is 1. The average Bonchev–Trinajstić information content (AvgIpc) is 2.72. The fourth-order valence-electron chi connectivity index (χ4n) is 1.73. The third kappa shape index (κ3) is 1.37. The lowest BCUT2D eigenvalue weighted by Gasteiger charge is -1.96. The largest absolute Gasteiger partial charge is 0.356 e. The summed E-state index contributed by atoms with van der Waals surface area (Å²) in [7, 11) is 0. The summed E-state index contributed by atoms with van der Waals surface area (Å²) in [5.41, 5.74) is 2.11. The van der Waals surface area contributed by atoms with Gasteiger partial charge in [-0.1, -0.05) is 29.4 Å². The van der Waals surface area contributed by atoms with Crippen molar-refractivity contribution in [3.63, 3.8) is 0 Å². The fraction of sp³-hybridized carbons (Fsp3) is 0. The maximum absolute atomic E-state index is 13.1. The minimum absolute atomic E-state index is 0.274. The van der Waals surface area contributed by atoms with Crippen LogP contribution in [-0.4, -0.2) is 5.16 Å². The summed E-state index contributed by atoms with van der Waals surface area (Å²) in [5.74, 6) is -0.274. The van der Waals surface area contributed by atoms with Crippen LogP contribution in [0.15, 0.2) is 53.1 Å². The predicted molar refractivity (Wildman–Crippen MR) is 59.4 cm³/mol. The maximum Gasteiger partial charge on any atom is 0.167 e. The second-order valence-corrected chi connectivity index (χ2v) is 3.54. The van der Waals surface area contributed by atoms with Gasteiger partial charge in [0, 0.05) is 10.9 Å². The molecule has 0 saturated carbocycles. The Balaban J connectivity index is 2.26. The lowest BCUT2D eigenvalue weighted by atomic mass is 10.1. The van der Waals surface area contributed by atoms with Gasteiger partial charge in [-0.25, -0.2) is 4.39 Å². The zero-order valence-corrected chi connectivity index (χ0v) is 8.35. The van der Waals surface area contributed by atoms with Crippen LogP contribution in [0.4, 0.5) is 4.39 Å². The molecule has 3 rings (SSSR count). The Morgan fingerprint density at radius 3 is 2.75 bits per heavy atom. The molecule has 78 valence electrons. The van der Waals surface area contributed by atoms with E-state index in [1.54, 1.807) is 6.07 Å². The van der Waals surface area contributed by atoms with Gasteiger partial charge in [0.25, 0.3) is 0 Å². The first-order chi connectivity index (χ1) is 7.84. The summed E-state index contributed by atoms with van der Waals surface area (Å²) >= 11 is 0. The Bertz CT molecular complexity index is 645. The highest BCUT2D eigenvalue weighted by Gasteiger charge is 2.09. The summed E-state index contributed by atoms with van der Waals surface area (Å²) in [5, 5.41) is 4.86. The van der Waals surface area contributed by atoms with Gasteiger partial charge >= 0.3 is 0 Å². The van der Waals surface area contributed by atoms with E-state index >= 15 is 0 Å². The van der Waals surface area contributed by atoms with E-state index in [9.17, 15) is 4.39 Å². The molecule has 3 heteroatoms. The molecule has 0 unspecified atom stereocenters. The highest BCUT2D eigenvalue weighted by atomic mass is 19.1. The van der Waals surface area contributed by atoms with Gasteiger partial charge in [0.05, 0.1) is 0 Å². The summed E-state index contributed by atoms with van der Waals surface area (Å²) in [6.07, 6.45) is 0. The molecule has 0 aliphatic rings. The first kappa shape index (κ1) is 9.09. The van der Waals surface area contributed by atoms with Crippen LogP contribution < -0.4 is 0 Å². The molecule has 16 heavy (non-hydrogen) atoms. The first-order valence-electron chi connectivity index (χ1n) is 4.95. The van der Waals surface area contributed by atoms with Crippen molar-refractivity contribution in [3.8, 4) is 11.3 Å². The molecular formula is C13H8FNO. The molecule has 1 aromatic heterocycles. The van der Waals surface area contributed by atoms with Crippen LogP contribution in [0.25, 0.3) is 22.2 Å². The first-order valence-corrected chi connectivity index (χ1v) is 4.95. The second kappa shape index (κ2) is 3.45. The number of rotatable bonds is 1. The SMILES string of the molecule is Fc1cccc(-c2noc3ccccc23)c1. The summed E-state index contributed by atoms with van der Waals surface area (Å²) in [6, 6.07) is 13.9. The molecule has 3 aromatic rings. The van der Waals surface area contributed by atoms with Gasteiger partial charge in [-0.05, 0) is 24.3 Å². The Morgan fingerprint density at radius 2 is 1.88 bits per heavy atom. The van der Waals surface area contributed by atoms with Crippen molar-refractivity contribution in [2.45, 2.75) is 0 Å². The molecule has 2 aromatic carbocycles. The molecule has 2 nitrogen and oxygen atoms in total. The zero-order valence-electron chi connectivity index (χ0n) is 8.35. The Hall–Kier alpha value is -2.16. The monoisotopic (exact) mass is 213 g/mol. The van der Waals surface area contributed by atoms with Crippen molar-refractivity contribution < 1.29 is 8.91 Å². The van der Waals surface area contributed by atoms with E-state index in [-0.39, 0.29) is 5.82 Å². The summed E-state index contributed by atoms with van der Waals surface area (Å²) in [4.78, 5) is 0. The smallest absolute Gasteiger partial charge is 0.167 e. The molecule has 0 aliphatic heterocycles. The topological polar surface area (TPSA) is 26.0 Å². The molecular weight excluding hydrogens is 205 g/mol. The van der Waals surface area contributed by atoms with Gasteiger partial charge < -0.3 is 4.52 Å². The van der Waals surface area contributed by atoms with E-state index in [2.05, 4.69) is 5.16 Å². The molecule has 0 saturated heterocycles. The fourth-order valence-corrected chi connectivity index (χ4v) is 1.73. The minimum Gasteiger partial charge on any atom is -0.356 e. The number of halogens is 1. The molecule has 0 aliphatic carbocycles.